The van der Waals surface area contributed by atoms with Crippen LogP contribution in [-0.2, 0) is 16.0 Å². The second-order valence-corrected chi connectivity index (χ2v) is 5.91. The smallest absolute Gasteiger partial charge is 0.338 e. The van der Waals surface area contributed by atoms with Crippen molar-refractivity contribution in [2.45, 2.75) is 19.8 Å². The van der Waals surface area contributed by atoms with Gasteiger partial charge >= 0.3 is 5.97 Å². The van der Waals surface area contributed by atoms with Gasteiger partial charge < -0.3 is 10.1 Å². The van der Waals surface area contributed by atoms with Crippen LogP contribution >= 0.6 is 0 Å². The summed E-state index contributed by atoms with van der Waals surface area (Å²) in [6.45, 7) is 1.54. The molecule has 2 rings (SSSR count). The summed E-state index contributed by atoms with van der Waals surface area (Å²) in [5.74, 6) is -3.62. The molecule has 0 aliphatic heterocycles. The number of esters is 1. The zero-order chi connectivity index (χ0) is 19.8. The Hall–Kier alpha value is -3.09. The van der Waals surface area contributed by atoms with Crippen molar-refractivity contribution in [3.8, 4) is 0 Å². The number of carbonyl (C=O) groups excluding carboxylic acids is 3. The number of carbonyl (C=O) groups is 3. The van der Waals surface area contributed by atoms with Crippen molar-refractivity contribution < 1.29 is 27.9 Å². The molecule has 0 fully saturated rings. The minimum absolute atomic E-state index is 0.0751. The number of halogens is 2. The maximum Gasteiger partial charge on any atom is 0.338 e. The van der Waals surface area contributed by atoms with Crippen LogP contribution in [0.25, 0.3) is 0 Å². The van der Waals surface area contributed by atoms with E-state index in [1.165, 1.54) is 6.92 Å². The Bertz CT molecular complexity index is 834. The number of rotatable bonds is 8. The number of aryl methyl sites for hydroxylation is 1. The normalized spacial score (nSPS) is 10.3. The van der Waals surface area contributed by atoms with Gasteiger partial charge in [-0.15, -0.1) is 0 Å². The van der Waals surface area contributed by atoms with Crippen LogP contribution in [0, 0.1) is 11.6 Å². The van der Waals surface area contributed by atoms with Gasteiger partial charge in [-0.3, -0.25) is 9.59 Å². The second kappa shape index (κ2) is 9.56. The van der Waals surface area contributed by atoms with E-state index in [4.69, 9.17) is 4.74 Å². The lowest BCUT2D eigenvalue weighted by atomic mass is 10.1. The molecule has 2 aromatic carbocycles. The van der Waals surface area contributed by atoms with Crippen LogP contribution in [0.1, 0.15) is 39.6 Å². The molecule has 0 unspecified atom stereocenters. The van der Waals surface area contributed by atoms with Crippen LogP contribution < -0.4 is 5.32 Å². The highest BCUT2D eigenvalue weighted by atomic mass is 19.2. The van der Waals surface area contributed by atoms with E-state index in [9.17, 15) is 23.2 Å². The van der Waals surface area contributed by atoms with Crippen molar-refractivity contribution >= 4 is 17.7 Å². The average Bonchev–Trinajstić information content (AvgIpc) is 2.65. The molecule has 0 saturated carbocycles. The summed E-state index contributed by atoms with van der Waals surface area (Å²) < 4.78 is 30.8. The molecule has 2 aromatic rings. The number of hydrogen-bond donors (Lipinski definition) is 1. The molecule has 142 valence electrons. The number of Topliss-reactive ketones (excluding diaryl/α,β-unsaturated/α-hetero) is 1. The van der Waals surface area contributed by atoms with Crippen LogP contribution in [0.5, 0.6) is 0 Å². The van der Waals surface area contributed by atoms with Crippen LogP contribution in [0.2, 0.25) is 0 Å². The van der Waals surface area contributed by atoms with Gasteiger partial charge in [0, 0.05) is 19.0 Å². The lowest BCUT2D eigenvalue weighted by Crippen LogP contribution is -2.21. The van der Waals surface area contributed by atoms with E-state index < -0.39 is 30.0 Å². The predicted octanol–water partition coefficient (Wildman–Crippen LogP) is 3.07. The standard InChI is InChI=1S/C20H19F2NO4/c1-13(24)23-10-2-3-14-4-6-15(7-5-14)19(25)12-27-20(26)16-8-9-17(21)18(22)11-16/h4-9,11H,2-3,10,12H2,1H3,(H,23,24). The van der Waals surface area contributed by atoms with Crippen LogP contribution in [-0.4, -0.2) is 30.8 Å². The number of amides is 1. The number of ether oxygens (including phenoxy) is 1. The Kier molecular flexibility index (Phi) is 7.16. The summed E-state index contributed by atoms with van der Waals surface area (Å²) in [5.41, 5.74) is 1.21. The van der Waals surface area contributed by atoms with Crippen molar-refractivity contribution in [3.63, 3.8) is 0 Å². The maximum absolute atomic E-state index is 13.1. The molecule has 0 heterocycles. The van der Waals surface area contributed by atoms with Crippen LogP contribution in [0.15, 0.2) is 42.5 Å². The van der Waals surface area contributed by atoms with E-state index in [1.807, 2.05) is 0 Å². The first-order valence-corrected chi connectivity index (χ1v) is 8.35. The number of ketones is 1. The molecule has 27 heavy (non-hydrogen) atoms. The molecule has 0 radical (unpaired) electrons. The molecule has 0 aromatic heterocycles. The van der Waals surface area contributed by atoms with Gasteiger partial charge in [0.05, 0.1) is 5.56 Å². The van der Waals surface area contributed by atoms with E-state index in [1.54, 1.807) is 24.3 Å². The molecule has 1 N–H and O–H groups in total. The van der Waals surface area contributed by atoms with E-state index in [0.29, 0.717) is 12.1 Å². The monoisotopic (exact) mass is 375 g/mol. The fraction of sp³-hybridized carbons (Fsp3) is 0.250. The lowest BCUT2D eigenvalue weighted by Gasteiger charge is -2.06. The molecule has 5 nitrogen and oxygen atoms in total. The number of hydrogen-bond acceptors (Lipinski definition) is 4. The Morgan fingerprint density at radius 1 is 0.963 bits per heavy atom. The molecule has 0 atom stereocenters. The molecule has 0 aliphatic carbocycles. The Labute approximate surface area is 155 Å². The molecule has 0 bridgehead atoms. The van der Waals surface area contributed by atoms with E-state index in [-0.39, 0.29) is 11.5 Å². The van der Waals surface area contributed by atoms with Gasteiger partial charge in [0.2, 0.25) is 5.91 Å². The summed E-state index contributed by atoms with van der Waals surface area (Å²) >= 11 is 0. The third-order valence-corrected chi connectivity index (χ3v) is 3.78. The number of benzene rings is 2. The zero-order valence-corrected chi connectivity index (χ0v) is 14.8. The van der Waals surface area contributed by atoms with Gasteiger partial charge in [-0.1, -0.05) is 24.3 Å². The Morgan fingerprint density at radius 3 is 2.26 bits per heavy atom. The molecule has 0 aliphatic rings. The lowest BCUT2D eigenvalue weighted by molar-refractivity contribution is -0.118. The summed E-state index contributed by atoms with van der Waals surface area (Å²) in [4.78, 5) is 34.7. The highest BCUT2D eigenvalue weighted by Crippen LogP contribution is 2.11. The largest absolute Gasteiger partial charge is 0.454 e. The maximum atomic E-state index is 13.1. The van der Waals surface area contributed by atoms with E-state index in [0.717, 1.165) is 36.6 Å². The Balaban J connectivity index is 1.83. The zero-order valence-electron chi connectivity index (χ0n) is 14.8. The van der Waals surface area contributed by atoms with Gasteiger partial charge in [-0.25, -0.2) is 13.6 Å². The summed E-state index contributed by atoms with van der Waals surface area (Å²) in [6.07, 6.45) is 1.53. The average molecular weight is 375 g/mol. The van der Waals surface area contributed by atoms with Crippen LogP contribution in [0.3, 0.4) is 0 Å². The van der Waals surface area contributed by atoms with Gasteiger partial charge in [0.1, 0.15) is 0 Å². The predicted molar refractivity (Wildman–Crippen MR) is 94.4 cm³/mol. The first-order chi connectivity index (χ1) is 12.9. The van der Waals surface area contributed by atoms with Crippen molar-refractivity contribution in [1.29, 1.82) is 0 Å². The Morgan fingerprint density at radius 2 is 1.63 bits per heavy atom. The first kappa shape index (κ1) is 20.2. The third-order valence-electron chi connectivity index (χ3n) is 3.78. The van der Waals surface area contributed by atoms with Gasteiger partial charge in [-0.05, 0) is 36.6 Å². The summed E-state index contributed by atoms with van der Waals surface area (Å²) in [6, 6.07) is 9.45. The third kappa shape index (κ3) is 6.29. The highest BCUT2D eigenvalue weighted by molar-refractivity contribution is 5.99. The first-order valence-electron chi connectivity index (χ1n) is 8.35. The fourth-order valence-electron chi connectivity index (χ4n) is 2.34. The quantitative estimate of drug-likeness (QED) is 0.437. The van der Waals surface area contributed by atoms with E-state index in [2.05, 4.69) is 5.32 Å². The van der Waals surface area contributed by atoms with E-state index >= 15 is 0 Å². The summed E-state index contributed by atoms with van der Waals surface area (Å²) in [7, 11) is 0. The van der Waals surface area contributed by atoms with Crippen molar-refractivity contribution in [1.82, 2.24) is 5.32 Å². The van der Waals surface area contributed by atoms with Gasteiger partial charge in [0.25, 0.3) is 0 Å². The van der Waals surface area contributed by atoms with Crippen LogP contribution in [0.4, 0.5) is 8.78 Å². The molecule has 1 amide bonds. The molecular formula is C20H19F2NO4. The molecule has 0 saturated heterocycles. The van der Waals surface area contributed by atoms with Gasteiger partial charge in [0.15, 0.2) is 24.0 Å². The SMILES string of the molecule is CC(=O)NCCCc1ccc(C(=O)COC(=O)c2ccc(F)c(F)c2)cc1. The van der Waals surface area contributed by atoms with Crippen molar-refractivity contribution in [3.05, 3.63) is 70.8 Å². The highest BCUT2D eigenvalue weighted by Gasteiger charge is 2.14. The molecule has 7 heteroatoms. The summed E-state index contributed by atoms with van der Waals surface area (Å²) in [5, 5.41) is 2.71. The molecular weight excluding hydrogens is 356 g/mol. The fourth-order valence-corrected chi connectivity index (χ4v) is 2.34. The van der Waals surface area contributed by atoms with Gasteiger partial charge in [-0.2, -0.15) is 0 Å². The topological polar surface area (TPSA) is 72.5 Å². The van der Waals surface area contributed by atoms with Crippen molar-refractivity contribution in [2.24, 2.45) is 0 Å². The van der Waals surface area contributed by atoms with Crippen molar-refractivity contribution in [2.75, 3.05) is 13.2 Å². The second-order valence-electron chi connectivity index (χ2n) is 5.91. The molecule has 0 spiro atoms. The minimum atomic E-state index is -1.16. The number of nitrogens with one attached hydrogen (secondary N) is 1. The minimum Gasteiger partial charge on any atom is -0.454 e.